The molecule has 0 bridgehead atoms. The molecule has 2 heterocycles. The molecule has 4 rings (SSSR count). The number of carbonyl (C=O) groups is 1. The Morgan fingerprint density at radius 1 is 1.13 bits per heavy atom. The van der Waals surface area contributed by atoms with Gasteiger partial charge in [-0.1, -0.05) is 53.5 Å². The number of nitrogens with two attached hydrogens (primary N) is 1. The third kappa shape index (κ3) is 4.58. The summed E-state index contributed by atoms with van der Waals surface area (Å²) >= 11 is 14.0. The number of anilines is 1. The van der Waals surface area contributed by atoms with Gasteiger partial charge in [-0.2, -0.15) is 0 Å². The van der Waals surface area contributed by atoms with Crippen LogP contribution in [0.3, 0.4) is 0 Å². The van der Waals surface area contributed by atoms with Gasteiger partial charge in [-0.05, 0) is 30.7 Å². The molecule has 31 heavy (non-hydrogen) atoms. The summed E-state index contributed by atoms with van der Waals surface area (Å²) in [4.78, 5) is 21.8. The summed E-state index contributed by atoms with van der Waals surface area (Å²) < 4.78 is 11.2. The lowest BCUT2D eigenvalue weighted by Crippen LogP contribution is -2.01. The van der Waals surface area contributed by atoms with Crippen LogP contribution in [0.5, 0.6) is 5.75 Å². The number of esters is 1. The highest BCUT2D eigenvalue weighted by Crippen LogP contribution is 2.43. The van der Waals surface area contributed by atoms with Crippen molar-refractivity contribution in [2.24, 2.45) is 0 Å². The van der Waals surface area contributed by atoms with Crippen LogP contribution in [0.1, 0.15) is 22.2 Å². The number of halogens is 2. The smallest absolute Gasteiger partial charge is 0.348 e. The normalized spacial score (nSPS) is 10.9. The molecule has 6 nitrogen and oxygen atoms in total. The molecule has 4 aromatic rings. The second kappa shape index (κ2) is 9.09. The molecule has 0 aliphatic carbocycles. The zero-order valence-electron chi connectivity index (χ0n) is 16.4. The molecule has 0 atom stereocenters. The average Bonchev–Trinajstić information content (AvgIpc) is 3.16. The van der Waals surface area contributed by atoms with E-state index < -0.39 is 5.97 Å². The lowest BCUT2D eigenvalue weighted by molar-refractivity contribution is 0.0532. The number of hydrogen-bond donors (Lipinski definition) is 1. The Hall–Kier alpha value is -2.87. The van der Waals surface area contributed by atoms with Gasteiger partial charge in [0.1, 0.15) is 22.1 Å². The van der Waals surface area contributed by atoms with Gasteiger partial charge in [-0.15, -0.1) is 11.3 Å². The molecule has 0 fully saturated rings. The Morgan fingerprint density at radius 3 is 2.65 bits per heavy atom. The Kier molecular flexibility index (Phi) is 6.27. The van der Waals surface area contributed by atoms with Crippen molar-refractivity contribution in [3.05, 3.63) is 69.0 Å². The van der Waals surface area contributed by atoms with Crippen LogP contribution in [0.15, 0.2) is 48.5 Å². The number of nitrogen functional groups attached to an aromatic ring is 1. The first kappa shape index (κ1) is 21.4. The van der Waals surface area contributed by atoms with Gasteiger partial charge in [0, 0.05) is 10.4 Å². The van der Waals surface area contributed by atoms with Crippen molar-refractivity contribution >= 4 is 56.7 Å². The fraction of sp³-hybridized carbons (Fsp3) is 0.136. The number of carbonyl (C=O) groups excluding carboxylic acids is 1. The SMILES string of the molecule is CCOC(=O)c1cc2c(-c3c(Cl)cc(Cl)cc3OCc3ccccc3)nc(N)nc2s1. The van der Waals surface area contributed by atoms with Crippen molar-refractivity contribution in [2.75, 3.05) is 12.3 Å². The average molecular weight is 474 g/mol. The first-order valence-electron chi connectivity index (χ1n) is 9.36. The molecular formula is C22H17Cl2N3O3S. The fourth-order valence-electron chi connectivity index (χ4n) is 3.06. The molecule has 0 spiro atoms. The van der Waals surface area contributed by atoms with E-state index in [0.29, 0.717) is 48.8 Å². The minimum Gasteiger partial charge on any atom is -0.488 e. The summed E-state index contributed by atoms with van der Waals surface area (Å²) in [5.41, 5.74) is 7.92. The Morgan fingerprint density at radius 2 is 1.90 bits per heavy atom. The summed E-state index contributed by atoms with van der Waals surface area (Å²) in [5, 5.41) is 1.39. The van der Waals surface area contributed by atoms with Crippen LogP contribution in [0.4, 0.5) is 5.95 Å². The van der Waals surface area contributed by atoms with Gasteiger partial charge in [-0.25, -0.2) is 14.8 Å². The maximum absolute atomic E-state index is 12.2. The van der Waals surface area contributed by atoms with E-state index in [1.165, 1.54) is 11.3 Å². The Balaban J connectivity index is 1.84. The summed E-state index contributed by atoms with van der Waals surface area (Å²) in [7, 11) is 0. The summed E-state index contributed by atoms with van der Waals surface area (Å²) in [6, 6.07) is 14.7. The molecule has 2 N–H and O–H groups in total. The molecule has 9 heteroatoms. The zero-order valence-corrected chi connectivity index (χ0v) is 18.7. The minimum absolute atomic E-state index is 0.0554. The van der Waals surface area contributed by atoms with Crippen molar-refractivity contribution in [3.63, 3.8) is 0 Å². The fourth-order valence-corrected chi connectivity index (χ4v) is 4.56. The molecular weight excluding hydrogens is 457 g/mol. The molecule has 2 aromatic heterocycles. The third-order valence-corrected chi connectivity index (χ3v) is 5.90. The molecule has 0 aliphatic rings. The van der Waals surface area contributed by atoms with Crippen molar-refractivity contribution < 1.29 is 14.3 Å². The van der Waals surface area contributed by atoms with Crippen LogP contribution >= 0.6 is 34.5 Å². The topological polar surface area (TPSA) is 87.3 Å². The Labute approximate surface area is 192 Å². The number of fused-ring (bicyclic) bond motifs is 1. The quantitative estimate of drug-likeness (QED) is 0.345. The van der Waals surface area contributed by atoms with Gasteiger partial charge in [0.15, 0.2) is 0 Å². The number of nitrogens with zero attached hydrogens (tertiary/aromatic N) is 2. The largest absolute Gasteiger partial charge is 0.488 e. The second-order valence-corrected chi connectivity index (χ2v) is 8.39. The number of aromatic nitrogens is 2. The molecule has 0 aliphatic heterocycles. The maximum atomic E-state index is 12.2. The lowest BCUT2D eigenvalue weighted by Gasteiger charge is -2.14. The van der Waals surface area contributed by atoms with Gasteiger partial charge >= 0.3 is 5.97 Å². The molecule has 0 radical (unpaired) electrons. The van der Waals surface area contributed by atoms with E-state index in [1.54, 1.807) is 25.1 Å². The number of rotatable bonds is 6. The van der Waals surface area contributed by atoms with E-state index >= 15 is 0 Å². The van der Waals surface area contributed by atoms with E-state index in [4.69, 9.17) is 38.4 Å². The van der Waals surface area contributed by atoms with Crippen molar-refractivity contribution in [1.29, 1.82) is 0 Å². The predicted octanol–water partition coefficient (Wildman–Crippen LogP) is 6.00. The van der Waals surface area contributed by atoms with Crippen LogP contribution in [0, 0.1) is 0 Å². The monoisotopic (exact) mass is 473 g/mol. The summed E-state index contributed by atoms with van der Waals surface area (Å²) in [6.07, 6.45) is 0. The first-order valence-corrected chi connectivity index (χ1v) is 10.9. The minimum atomic E-state index is -0.433. The Bertz CT molecular complexity index is 1260. The van der Waals surface area contributed by atoms with Crippen LogP contribution in [0.25, 0.3) is 21.5 Å². The van der Waals surface area contributed by atoms with E-state index in [-0.39, 0.29) is 12.6 Å². The lowest BCUT2D eigenvalue weighted by atomic mass is 10.1. The van der Waals surface area contributed by atoms with Crippen LogP contribution in [0.2, 0.25) is 10.0 Å². The van der Waals surface area contributed by atoms with Gasteiger partial charge in [-0.3, -0.25) is 0 Å². The van der Waals surface area contributed by atoms with Crippen LogP contribution in [-0.4, -0.2) is 22.5 Å². The van der Waals surface area contributed by atoms with E-state index in [1.807, 2.05) is 30.3 Å². The molecule has 2 aromatic carbocycles. The highest BCUT2D eigenvalue weighted by Gasteiger charge is 2.22. The van der Waals surface area contributed by atoms with Crippen molar-refractivity contribution in [3.8, 4) is 17.0 Å². The van der Waals surface area contributed by atoms with E-state index in [9.17, 15) is 4.79 Å². The number of thiophene rings is 1. The summed E-state index contributed by atoms with van der Waals surface area (Å²) in [5.74, 6) is 0.0715. The highest BCUT2D eigenvalue weighted by molar-refractivity contribution is 7.20. The zero-order chi connectivity index (χ0) is 22.0. The van der Waals surface area contributed by atoms with Crippen LogP contribution < -0.4 is 10.5 Å². The molecule has 158 valence electrons. The van der Waals surface area contributed by atoms with Gasteiger partial charge < -0.3 is 15.2 Å². The first-order chi connectivity index (χ1) is 15.0. The van der Waals surface area contributed by atoms with E-state index in [2.05, 4.69) is 9.97 Å². The van der Waals surface area contributed by atoms with E-state index in [0.717, 1.165) is 5.56 Å². The third-order valence-electron chi connectivity index (χ3n) is 4.38. The van der Waals surface area contributed by atoms with Crippen molar-refractivity contribution in [1.82, 2.24) is 9.97 Å². The van der Waals surface area contributed by atoms with Gasteiger partial charge in [0.05, 0.1) is 22.9 Å². The standard InChI is InChI=1S/C22H17Cl2N3O3S/c1-2-29-21(28)17-10-14-19(26-22(25)27-20(14)31-17)18-15(24)8-13(23)9-16(18)30-11-12-6-4-3-5-7-12/h3-10H,2,11H2,1H3,(H2,25,26,27). The van der Waals surface area contributed by atoms with Crippen LogP contribution in [-0.2, 0) is 11.3 Å². The molecule has 0 saturated carbocycles. The number of benzene rings is 2. The maximum Gasteiger partial charge on any atom is 0.348 e. The molecule has 0 unspecified atom stereocenters. The molecule has 0 saturated heterocycles. The van der Waals surface area contributed by atoms with Crippen molar-refractivity contribution in [2.45, 2.75) is 13.5 Å². The number of hydrogen-bond acceptors (Lipinski definition) is 7. The number of ether oxygens (including phenoxy) is 2. The molecule has 0 amide bonds. The van der Waals surface area contributed by atoms with Gasteiger partial charge in [0.25, 0.3) is 0 Å². The summed E-state index contributed by atoms with van der Waals surface area (Å²) in [6.45, 7) is 2.33. The predicted molar refractivity (Wildman–Crippen MR) is 124 cm³/mol. The highest BCUT2D eigenvalue weighted by atomic mass is 35.5. The van der Waals surface area contributed by atoms with Gasteiger partial charge in [0.2, 0.25) is 5.95 Å². The second-order valence-electron chi connectivity index (χ2n) is 6.52.